The van der Waals surface area contributed by atoms with Crippen molar-refractivity contribution in [3.05, 3.63) is 0 Å². The minimum absolute atomic E-state index is 0.317. The smallest absolute Gasteiger partial charge is 0.322 e. The minimum Gasteiger partial charge on any atom is -0.467 e. The van der Waals surface area contributed by atoms with Crippen LogP contribution in [-0.4, -0.2) is 35.2 Å². The number of aromatic nitrogens is 3. The van der Waals surface area contributed by atoms with E-state index in [9.17, 15) is 0 Å². The van der Waals surface area contributed by atoms with Gasteiger partial charge < -0.3 is 15.4 Å². The van der Waals surface area contributed by atoms with Crippen molar-refractivity contribution in [2.75, 3.05) is 24.8 Å². The summed E-state index contributed by atoms with van der Waals surface area (Å²) < 4.78 is 5.04. The second kappa shape index (κ2) is 7.68. The van der Waals surface area contributed by atoms with Crippen molar-refractivity contribution in [2.24, 2.45) is 0 Å². The molecule has 0 aliphatic carbocycles. The summed E-state index contributed by atoms with van der Waals surface area (Å²) in [4.78, 5) is 12.5. The molecule has 0 aliphatic rings. The van der Waals surface area contributed by atoms with Crippen LogP contribution in [0.5, 0.6) is 6.01 Å². The molecule has 1 aromatic heterocycles. The van der Waals surface area contributed by atoms with Crippen LogP contribution in [0.1, 0.15) is 39.5 Å². The fourth-order valence-corrected chi connectivity index (χ4v) is 1.62. The highest BCUT2D eigenvalue weighted by Gasteiger charge is 2.08. The first-order valence-corrected chi connectivity index (χ1v) is 6.44. The van der Waals surface area contributed by atoms with Crippen LogP contribution in [-0.2, 0) is 0 Å². The van der Waals surface area contributed by atoms with E-state index in [1.165, 1.54) is 19.3 Å². The number of anilines is 2. The SMILES string of the molecule is CCCCCC(C)Nc1nc(NC)nc(OC)n1. The molecule has 1 rings (SSSR count). The number of unbranched alkanes of at least 4 members (excludes halogenated alkanes) is 2. The second-order valence-corrected chi connectivity index (χ2v) is 4.26. The van der Waals surface area contributed by atoms with E-state index in [0.29, 0.717) is 23.9 Å². The van der Waals surface area contributed by atoms with Gasteiger partial charge in [-0.05, 0) is 13.3 Å². The summed E-state index contributed by atoms with van der Waals surface area (Å²) in [6.07, 6.45) is 4.81. The van der Waals surface area contributed by atoms with E-state index in [0.717, 1.165) is 6.42 Å². The molecule has 102 valence electrons. The number of ether oxygens (including phenoxy) is 1. The molecule has 1 aromatic rings. The molecule has 0 saturated carbocycles. The maximum atomic E-state index is 5.04. The first-order chi connectivity index (χ1) is 8.69. The van der Waals surface area contributed by atoms with Crippen molar-refractivity contribution < 1.29 is 4.74 Å². The minimum atomic E-state index is 0.317. The fourth-order valence-electron chi connectivity index (χ4n) is 1.62. The molecule has 6 heteroatoms. The Morgan fingerprint density at radius 3 is 2.50 bits per heavy atom. The van der Waals surface area contributed by atoms with Gasteiger partial charge in [0.05, 0.1) is 7.11 Å². The average Bonchev–Trinajstić information content (AvgIpc) is 2.38. The summed E-state index contributed by atoms with van der Waals surface area (Å²) in [6.45, 7) is 4.33. The van der Waals surface area contributed by atoms with Crippen molar-refractivity contribution in [2.45, 2.75) is 45.6 Å². The van der Waals surface area contributed by atoms with Crippen LogP contribution in [0.15, 0.2) is 0 Å². The molecule has 2 N–H and O–H groups in total. The third kappa shape index (κ3) is 4.73. The summed E-state index contributed by atoms with van der Waals surface area (Å²) in [5.74, 6) is 1.06. The monoisotopic (exact) mass is 253 g/mol. The van der Waals surface area contributed by atoms with E-state index in [-0.39, 0.29) is 0 Å². The molecule has 6 nitrogen and oxygen atoms in total. The lowest BCUT2D eigenvalue weighted by Gasteiger charge is -2.14. The Morgan fingerprint density at radius 1 is 1.17 bits per heavy atom. The zero-order chi connectivity index (χ0) is 13.4. The molecule has 0 fully saturated rings. The summed E-state index contributed by atoms with van der Waals surface area (Å²) in [6, 6.07) is 0.658. The topological polar surface area (TPSA) is 72.0 Å². The maximum absolute atomic E-state index is 5.04. The van der Waals surface area contributed by atoms with Crippen molar-refractivity contribution in [3.63, 3.8) is 0 Å². The van der Waals surface area contributed by atoms with Gasteiger partial charge in [0.1, 0.15) is 0 Å². The molecule has 1 atom stereocenters. The van der Waals surface area contributed by atoms with Gasteiger partial charge in [-0.15, -0.1) is 0 Å². The molecule has 0 amide bonds. The molecular formula is C12H23N5O. The van der Waals surface area contributed by atoms with Gasteiger partial charge in [-0.3, -0.25) is 0 Å². The van der Waals surface area contributed by atoms with Gasteiger partial charge in [0.25, 0.3) is 0 Å². The van der Waals surface area contributed by atoms with Crippen molar-refractivity contribution >= 4 is 11.9 Å². The quantitative estimate of drug-likeness (QED) is 0.693. The zero-order valence-electron chi connectivity index (χ0n) is 11.7. The number of hydrogen-bond acceptors (Lipinski definition) is 6. The Kier molecular flexibility index (Phi) is 6.18. The molecule has 0 aliphatic heterocycles. The standard InChI is InChI=1S/C12H23N5O/c1-5-6-7-8-9(2)14-11-15-10(13-3)16-12(17-11)18-4/h9H,5-8H2,1-4H3,(H2,13,14,15,16,17). The van der Waals surface area contributed by atoms with Gasteiger partial charge >= 0.3 is 6.01 Å². The summed E-state index contributed by atoms with van der Waals surface area (Å²) >= 11 is 0. The number of nitrogens with zero attached hydrogens (tertiary/aromatic N) is 3. The molecule has 18 heavy (non-hydrogen) atoms. The van der Waals surface area contributed by atoms with Gasteiger partial charge in [-0.2, -0.15) is 15.0 Å². The normalized spacial score (nSPS) is 12.0. The van der Waals surface area contributed by atoms with Gasteiger partial charge in [-0.25, -0.2) is 0 Å². The third-order valence-corrected chi connectivity index (χ3v) is 2.64. The Hall–Kier alpha value is -1.59. The van der Waals surface area contributed by atoms with Crippen LogP contribution < -0.4 is 15.4 Å². The summed E-state index contributed by atoms with van der Waals surface area (Å²) in [5, 5.41) is 6.15. The van der Waals surface area contributed by atoms with Crippen molar-refractivity contribution in [1.82, 2.24) is 15.0 Å². The molecule has 0 spiro atoms. The van der Waals surface area contributed by atoms with Crippen LogP contribution in [0, 0.1) is 0 Å². The van der Waals surface area contributed by atoms with E-state index in [2.05, 4.69) is 39.4 Å². The second-order valence-electron chi connectivity index (χ2n) is 4.26. The maximum Gasteiger partial charge on any atom is 0.322 e. The molecule has 0 aromatic carbocycles. The molecule has 0 saturated heterocycles. The molecule has 0 radical (unpaired) electrons. The summed E-state index contributed by atoms with van der Waals surface area (Å²) in [5.41, 5.74) is 0. The Labute approximate surface area is 109 Å². The van der Waals surface area contributed by atoms with Crippen molar-refractivity contribution in [3.8, 4) is 6.01 Å². The zero-order valence-corrected chi connectivity index (χ0v) is 11.7. The number of rotatable bonds is 8. The molecule has 0 bridgehead atoms. The van der Waals surface area contributed by atoms with Crippen LogP contribution >= 0.6 is 0 Å². The summed E-state index contributed by atoms with van der Waals surface area (Å²) in [7, 11) is 3.31. The van der Waals surface area contributed by atoms with E-state index in [4.69, 9.17) is 4.74 Å². The van der Waals surface area contributed by atoms with Gasteiger partial charge in [0.15, 0.2) is 0 Å². The first kappa shape index (κ1) is 14.5. The molecule has 1 unspecified atom stereocenters. The Bertz CT molecular complexity index is 336. The predicted octanol–water partition coefficient (Wildman–Crippen LogP) is 2.30. The third-order valence-electron chi connectivity index (χ3n) is 2.64. The van der Waals surface area contributed by atoms with E-state index in [1.54, 1.807) is 14.2 Å². The lowest BCUT2D eigenvalue weighted by atomic mass is 10.1. The molecule has 1 heterocycles. The lowest BCUT2D eigenvalue weighted by molar-refractivity contribution is 0.379. The molecular weight excluding hydrogens is 230 g/mol. The fraction of sp³-hybridized carbons (Fsp3) is 0.750. The Morgan fingerprint density at radius 2 is 1.89 bits per heavy atom. The average molecular weight is 253 g/mol. The van der Waals surface area contributed by atoms with Gasteiger partial charge in [0, 0.05) is 13.1 Å². The number of hydrogen-bond donors (Lipinski definition) is 2. The van der Waals surface area contributed by atoms with Crippen LogP contribution in [0.3, 0.4) is 0 Å². The number of methoxy groups -OCH3 is 1. The van der Waals surface area contributed by atoms with Crippen LogP contribution in [0.2, 0.25) is 0 Å². The highest BCUT2D eigenvalue weighted by molar-refractivity contribution is 5.35. The van der Waals surface area contributed by atoms with Crippen LogP contribution in [0.4, 0.5) is 11.9 Å². The number of nitrogens with one attached hydrogen (secondary N) is 2. The van der Waals surface area contributed by atoms with E-state index < -0.39 is 0 Å². The highest BCUT2D eigenvalue weighted by Crippen LogP contribution is 2.13. The largest absolute Gasteiger partial charge is 0.467 e. The lowest BCUT2D eigenvalue weighted by Crippen LogP contribution is -2.18. The first-order valence-electron chi connectivity index (χ1n) is 6.44. The Balaban J connectivity index is 2.59. The van der Waals surface area contributed by atoms with E-state index >= 15 is 0 Å². The highest BCUT2D eigenvalue weighted by atomic mass is 16.5. The van der Waals surface area contributed by atoms with Gasteiger partial charge in [0.2, 0.25) is 11.9 Å². The van der Waals surface area contributed by atoms with E-state index in [1.807, 2.05) is 0 Å². The van der Waals surface area contributed by atoms with Crippen molar-refractivity contribution in [1.29, 1.82) is 0 Å². The van der Waals surface area contributed by atoms with Gasteiger partial charge in [-0.1, -0.05) is 26.2 Å². The predicted molar refractivity (Wildman–Crippen MR) is 73.2 cm³/mol. The van der Waals surface area contributed by atoms with Crippen LogP contribution in [0.25, 0.3) is 0 Å².